The van der Waals surface area contributed by atoms with E-state index in [2.05, 4.69) is 19.1 Å². The Morgan fingerprint density at radius 1 is 1.29 bits per heavy atom. The van der Waals surface area contributed by atoms with Crippen molar-refractivity contribution in [2.24, 2.45) is 5.73 Å². The predicted octanol–water partition coefficient (Wildman–Crippen LogP) is 2.44. The Morgan fingerprint density at radius 2 is 1.81 bits per heavy atom. The summed E-state index contributed by atoms with van der Waals surface area (Å²) in [6.07, 6.45) is 1.34. The van der Waals surface area contributed by atoms with Gasteiger partial charge in [-0.15, -0.1) is 0 Å². The number of nitrogens with zero attached hydrogens (tertiary/aromatic N) is 1. The highest BCUT2D eigenvalue weighted by molar-refractivity contribution is 5.80. The molecule has 0 bridgehead atoms. The average molecular weight is 292 g/mol. The Hall–Kier alpha value is -1.55. The van der Waals surface area contributed by atoms with Crippen molar-refractivity contribution in [2.45, 2.75) is 52.7 Å². The second-order valence-electron chi connectivity index (χ2n) is 5.92. The average Bonchev–Trinajstić information content (AvgIpc) is 2.41. The van der Waals surface area contributed by atoms with Crippen LogP contribution in [0.4, 0.5) is 0 Å². The molecule has 0 fully saturated rings. The molecule has 4 heteroatoms. The zero-order valence-electron chi connectivity index (χ0n) is 14.1. The lowest BCUT2D eigenvalue weighted by molar-refractivity contribution is -0.135. The van der Waals surface area contributed by atoms with E-state index in [0.29, 0.717) is 0 Å². The first-order chi connectivity index (χ1) is 9.76. The number of hydrogen-bond donors (Lipinski definition) is 1. The molecule has 4 nitrogen and oxygen atoms in total. The third-order valence-corrected chi connectivity index (χ3v) is 3.63. The molecule has 2 atom stereocenters. The minimum absolute atomic E-state index is 0.0362. The summed E-state index contributed by atoms with van der Waals surface area (Å²) in [5.74, 6) is 0.761. The Kier molecular flexibility index (Phi) is 6.21. The fourth-order valence-electron chi connectivity index (χ4n) is 2.38. The van der Waals surface area contributed by atoms with Crippen molar-refractivity contribution in [1.82, 2.24) is 4.90 Å². The molecule has 0 aliphatic carbocycles. The topological polar surface area (TPSA) is 55.6 Å². The maximum absolute atomic E-state index is 11.9. The van der Waals surface area contributed by atoms with E-state index in [4.69, 9.17) is 10.5 Å². The van der Waals surface area contributed by atoms with Crippen molar-refractivity contribution in [3.8, 4) is 5.75 Å². The lowest BCUT2D eigenvalue weighted by Gasteiger charge is -2.21. The van der Waals surface area contributed by atoms with Crippen molar-refractivity contribution < 1.29 is 9.53 Å². The maximum atomic E-state index is 11.9. The molecule has 0 saturated heterocycles. The van der Waals surface area contributed by atoms with Crippen LogP contribution < -0.4 is 10.5 Å². The molecule has 1 aromatic carbocycles. The van der Waals surface area contributed by atoms with Crippen LogP contribution in [0.25, 0.3) is 0 Å². The second kappa shape index (κ2) is 7.46. The van der Waals surface area contributed by atoms with E-state index in [1.807, 2.05) is 13.8 Å². The number of benzene rings is 1. The number of rotatable bonds is 6. The third-order valence-electron chi connectivity index (χ3n) is 3.63. The van der Waals surface area contributed by atoms with Gasteiger partial charge in [0.05, 0.1) is 0 Å². The molecule has 0 aromatic heterocycles. The summed E-state index contributed by atoms with van der Waals surface area (Å²) < 4.78 is 5.86. The van der Waals surface area contributed by atoms with Crippen molar-refractivity contribution in [2.75, 3.05) is 14.1 Å². The summed E-state index contributed by atoms with van der Waals surface area (Å²) in [6.45, 7) is 7.89. The summed E-state index contributed by atoms with van der Waals surface area (Å²) in [4.78, 5) is 13.5. The van der Waals surface area contributed by atoms with Gasteiger partial charge in [-0.2, -0.15) is 0 Å². The first kappa shape index (κ1) is 17.5. The lowest BCUT2D eigenvalue weighted by atomic mass is 9.99. The molecular weight excluding hydrogens is 264 g/mol. The Balaban J connectivity index is 2.92. The van der Waals surface area contributed by atoms with E-state index in [-0.39, 0.29) is 11.9 Å². The largest absolute Gasteiger partial charge is 0.480 e. The normalized spacial score (nSPS) is 13.7. The molecule has 0 heterocycles. The number of likely N-dealkylation sites (N-methyl/N-ethyl adjacent to an activating group) is 1. The van der Waals surface area contributed by atoms with Gasteiger partial charge < -0.3 is 15.4 Å². The van der Waals surface area contributed by atoms with Gasteiger partial charge in [0.15, 0.2) is 6.10 Å². The number of hydrogen-bond acceptors (Lipinski definition) is 3. The van der Waals surface area contributed by atoms with Crippen LogP contribution in [0.3, 0.4) is 0 Å². The lowest BCUT2D eigenvalue weighted by Crippen LogP contribution is -2.35. The van der Waals surface area contributed by atoms with Gasteiger partial charge in [0, 0.05) is 20.1 Å². The predicted molar refractivity (Wildman–Crippen MR) is 86.7 cm³/mol. The van der Waals surface area contributed by atoms with Gasteiger partial charge in [-0.1, -0.05) is 19.1 Å². The van der Waals surface area contributed by atoms with Crippen LogP contribution in [0.5, 0.6) is 5.75 Å². The number of nitrogens with two attached hydrogens (primary N) is 1. The van der Waals surface area contributed by atoms with Gasteiger partial charge in [-0.25, -0.2) is 0 Å². The monoisotopic (exact) mass is 292 g/mol. The molecule has 2 unspecified atom stereocenters. The Bertz CT molecular complexity index is 475. The highest BCUT2D eigenvalue weighted by atomic mass is 16.5. The maximum Gasteiger partial charge on any atom is 0.262 e. The SMILES string of the molecule is CCC(N)Cc1cc(C)c(OC(C)C(=O)N(C)C)c(C)c1. The van der Waals surface area contributed by atoms with E-state index in [1.165, 1.54) is 5.56 Å². The molecule has 21 heavy (non-hydrogen) atoms. The quantitative estimate of drug-likeness (QED) is 0.876. The second-order valence-corrected chi connectivity index (χ2v) is 5.92. The highest BCUT2D eigenvalue weighted by Crippen LogP contribution is 2.26. The molecule has 0 aliphatic heterocycles. The minimum atomic E-state index is -0.485. The van der Waals surface area contributed by atoms with Gasteiger partial charge in [-0.05, 0) is 50.3 Å². The first-order valence-electron chi connectivity index (χ1n) is 7.49. The van der Waals surface area contributed by atoms with Gasteiger partial charge in [0.25, 0.3) is 5.91 Å². The van der Waals surface area contributed by atoms with Crippen LogP contribution in [-0.4, -0.2) is 37.0 Å². The molecule has 2 N–H and O–H groups in total. The molecule has 0 radical (unpaired) electrons. The van der Waals surface area contributed by atoms with Gasteiger partial charge in [0.2, 0.25) is 0 Å². The van der Waals surface area contributed by atoms with Crippen molar-refractivity contribution in [1.29, 1.82) is 0 Å². The van der Waals surface area contributed by atoms with Gasteiger partial charge in [-0.3, -0.25) is 4.79 Å². The van der Waals surface area contributed by atoms with Gasteiger partial charge >= 0.3 is 0 Å². The molecule has 1 aromatic rings. The Labute approximate surface area is 128 Å². The van der Waals surface area contributed by atoms with Crippen molar-refractivity contribution >= 4 is 5.91 Å². The fourth-order valence-corrected chi connectivity index (χ4v) is 2.38. The van der Waals surface area contributed by atoms with Crippen LogP contribution in [0, 0.1) is 13.8 Å². The molecule has 0 saturated carbocycles. The standard InChI is InChI=1S/C17H28N2O2/c1-7-15(18)10-14-8-11(2)16(12(3)9-14)21-13(4)17(20)19(5)6/h8-9,13,15H,7,10,18H2,1-6H3. The molecule has 0 spiro atoms. The zero-order valence-corrected chi connectivity index (χ0v) is 14.1. The number of ether oxygens (including phenoxy) is 1. The summed E-state index contributed by atoms with van der Waals surface area (Å²) >= 11 is 0. The zero-order chi connectivity index (χ0) is 16.2. The van der Waals surface area contributed by atoms with Gasteiger partial charge in [0.1, 0.15) is 5.75 Å². The van der Waals surface area contributed by atoms with Crippen LogP contribution in [0.2, 0.25) is 0 Å². The van der Waals surface area contributed by atoms with E-state index in [9.17, 15) is 4.79 Å². The number of carbonyl (C=O) groups excluding carboxylic acids is 1. The first-order valence-corrected chi connectivity index (χ1v) is 7.49. The van der Waals surface area contributed by atoms with E-state index in [0.717, 1.165) is 29.7 Å². The highest BCUT2D eigenvalue weighted by Gasteiger charge is 2.19. The molecule has 118 valence electrons. The molecule has 0 aliphatic rings. The fraction of sp³-hybridized carbons (Fsp3) is 0.588. The van der Waals surface area contributed by atoms with Crippen molar-refractivity contribution in [3.05, 3.63) is 28.8 Å². The minimum Gasteiger partial charge on any atom is -0.480 e. The van der Waals surface area contributed by atoms with E-state index >= 15 is 0 Å². The van der Waals surface area contributed by atoms with E-state index < -0.39 is 6.10 Å². The van der Waals surface area contributed by atoms with Crippen LogP contribution >= 0.6 is 0 Å². The Morgan fingerprint density at radius 3 is 2.24 bits per heavy atom. The summed E-state index contributed by atoms with van der Waals surface area (Å²) in [7, 11) is 3.47. The molecule has 1 amide bonds. The summed E-state index contributed by atoms with van der Waals surface area (Å²) in [5.41, 5.74) is 9.33. The van der Waals surface area contributed by atoms with Crippen LogP contribution in [0.15, 0.2) is 12.1 Å². The summed E-state index contributed by atoms with van der Waals surface area (Å²) in [6, 6.07) is 4.39. The van der Waals surface area contributed by atoms with Crippen LogP contribution in [0.1, 0.15) is 37.0 Å². The molecule has 1 rings (SSSR count). The third kappa shape index (κ3) is 4.74. The smallest absolute Gasteiger partial charge is 0.262 e. The van der Waals surface area contributed by atoms with Crippen LogP contribution in [-0.2, 0) is 11.2 Å². The molecular formula is C17H28N2O2. The number of amides is 1. The summed E-state index contributed by atoms with van der Waals surface area (Å²) in [5, 5.41) is 0. The van der Waals surface area contributed by atoms with E-state index in [1.54, 1.807) is 25.9 Å². The number of aryl methyl sites for hydroxylation is 2. The number of carbonyl (C=O) groups is 1. The van der Waals surface area contributed by atoms with Crippen molar-refractivity contribution in [3.63, 3.8) is 0 Å².